The van der Waals surface area contributed by atoms with Gasteiger partial charge in [0.15, 0.2) is 0 Å². The Morgan fingerprint density at radius 3 is 2.47 bits per heavy atom. The van der Waals surface area contributed by atoms with Crippen LogP contribution < -0.4 is 5.73 Å². The van der Waals surface area contributed by atoms with Crippen LogP contribution in [0.1, 0.15) is 31.9 Å². The van der Waals surface area contributed by atoms with Crippen LogP contribution in [0.3, 0.4) is 0 Å². The zero-order chi connectivity index (χ0) is 13.8. The average molecular weight is 262 g/mol. The van der Waals surface area contributed by atoms with E-state index >= 15 is 0 Å². The maximum absolute atomic E-state index is 12.3. The summed E-state index contributed by atoms with van der Waals surface area (Å²) in [6, 6.07) is 9.52. The van der Waals surface area contributed by atoms with Crippen LogP contribution in [0.25, 0.3) is 0 Å². The molecule has 1 aliphatic heterocycles. The Hall–Kier alpha value is -1.39. The summed E-state index contributed by atoms with van der Waals surface area (Å²) < 4.78 is 5.63. The maximum Gasteiger partial charge on any atom is 0.224 e. The summed E-state index contributed by atoms with van der Waals surface area (Å²) in [5.74, 6) is 0.110. The molecule has 0 bridgehead atoms. The van der Waals surface area contributed by atoms with Crippen LogP contribution in [0.4, 0.5) is 0 Å². The minimum absolute atomic E-state index is 0.0978. The van der Waals surface area contributed by atoms with Gasteiger partial charge in [-0.25, -0.2) is 0 Å². The van der Waals surface area contributed by atoms with Crippen LogP contribution in [-0.2, 0) is 9.53 Å². The monoisotopic (exact) mass is 262 g/mol. The van der Waals surface area contributed by atoms with E-state index in [1.807, 2.05) is 49.1 Å². The lowest BCUT2D eigenvalue weighted by Gasteiger charge is -2.35. The van der Waals surface area contributed by atoms with Gasteiger partial charge in [0.2, 0.25) is 5.91 Å². The van der Waals surface area contributed by atoms with Crippen molar-refractivity contribution in [3.8, 4) is 0 Å². The minimum Gasteiger partial charge on any atom is -0.372 e. The first kappa shape index (κ1) is 14.0. The van der Waals surface area contributed by atoms with E-state index in [4.69, 9.17) is 10.5 Å². The van der Waals surface area contributed by atoms with Crippen molar-refractivity contribution in [3.63, 3.8) is 0 Å². The second-order valence-electron chi connectivity index (χ2n) is 5.28. The molecule has 1 saturated heterocycles. The summed E-state index contributed by atoms with van der Waals surface area (Å²) in [4.78, 5) is 14.1. The van der Waals surface area contributed by atoms with Gasteiger partial charge in [-0.2, -0.15) is 0 Å². The minimum atomic E-state index is -0.234. The van der Waals surface area contributed by atoms with Gasteiger partial charge in [-0.15, -0.1) is 0 Å². The first-order chi connectivity index (χ1) is 9.06. The predicted molar refractivity (Wildman–Crippen MR) is 74.6 cm³/mol. The van der Waals surface area contributed by atoms with Crippen molar-refractivity contribution in [1.29, 1.82) is 0 Å². The SMILES string of the molecule is C[C@@H]1CN(C(=O)C[C@H](N)c2ccccc2)C[C@@H](C)O1. The van der Waals surface area contributed by atoms with Crippen LogP contribution in [-0.4, -0.2) is 36.1 Å². The lowest BCUT2D eigenvalue weighted by atomic mass is 10.0. The largest absolute Gasteiger partial charge is 0.372 e. The average Bonchev–Trinajstić information content (AvgIpc) is 2.38. The molecule has 0 aromatic heterocycles. The standard InChI is InChI=1S/C15H22N2O2/c1-11-9-17(10-12(2)19-11)15(18)8-14(16)13-6-4-3-5-7-13/h3-7,11-12,14H,8-10,16H2,1-2H3/t11-,12-,14+/m1/s1. The molecule has 0 aliphatic carbocycles. The Morgan fingerprint density at radius 2 is 1.89 bits per heavy atom. The summed E-state index contributed by atoms with van der Waals surface area (Å²) >= 11 is 0. The van der Waals surface area contributed by atoms with E-state index in [9.17, 15) is 4.79 Å². The summed E-state index contributed by atoms with van der Waals surface area (Å²) in [5, 5.41) is 0. The molecular weight excluding hydrogens is 240 g/mol. The smallest absolute Gasteiger partial charge is 0.224 e. The fourth-order valence-electron chi connectivity index (χ4n) is 2.52. The van der Waals surface area contributed by atoms with Gasteiger partial charge >= 0.3 is 0 Å². The van der Waals surface area contributed by atoms with Gasteiger partial charge in [0.05, 0.1) is 12.2 Å². The number of carbonyl (C=O) groups is 1. The van der Waals surface area contributed by atoms with Crippen molar-refractivity contribution in [2.45, 2.75) is 38.5 Å². The molecule has 1 aliphatic rings. The van der Waals surface area contributed by atoms with Crippen molar-refractivity contribution in [3.05, 3.63) is 35.9 Å². The highest BCUT2D eigenvalue weighted by molar-refractivity contribution is 5.77. The number of amides is 1. The third-order valence-corrected chi connectivity index (χ3v) is 3.39. The Kier molecular flexibility index (Phi) is 4.56. The van der Waals surface area contributed by atoms with Crippen LogP contribution in [0, 0.1) is 0 Å². The van der Waals surface area contributed by atoms with Crippen LogP contribution in [0.5, 0.6) is 0 Å². The number of nitrogens with zero attached hydrogens (tertiary/aromatic N) is 1. The second kappa shape index (κ2) is 6.17. The summed E-state index contributed by atoms with van der Waals surface area (Å²) in [6.45, 7) is 5.30. The Bertz CT molecular complexity index is 411. The first-order valence-electron chi connectivity index (χ1n) is 6.80. The zero-order valence-electron chi connectivity index (χ0n) is 11.6. The van der Waals surface area contributed by atoms with Gasteiger partial charge < -0.3 is 15.4 Å². The molecule has 3 atom stereocenters. The summed E-state index contributed by atoms with van der Waals surface area (Å²) in [7, 11) is 0. The molecule has 1 heterocycles. The quantitative estimate of drug-likeness (QED) is 0.902. The third-order valence-electron chi connectivity index (χ3n) is 3.39. The maximum atomic E-state index is 12.3. The number of nitrogens with two attached hydrogens (primary N) is 1. The van der Waals surface area contributed by atoms with Gasteiger partial charge in [-0.3, -0.25) is 4.79 Å². The van der Waals surface area contributed by atoms with Crippen LogP contribution in [0.15, 0.2) is 30.3 Å². The number of carbonyl (C=O) groups excluding carboxylic acids is 1. The lowest BCUT2D eigenvalue weighted by Crippen LogP contribution is -2.48. The topological polar surface area (TPSA) is 55.6 Å². The van der Waals surface area contributed by atoms with E-state index in [1.165, 1.54) is 0 Å². The fraction of sp³-hybridized carbons (Fsp3) is 0.533. The molecule has 2 rings (SSSR count). The summed E-state index contributed by atoms with van der Waals surface area (Å²) in [5.41, 5.74) is 7.10. The predicted octanol–water partition coefficient (Wildman–Crippen LogP) is 1.71. The highest BCUT2D eigenvalue weighted by atomic mass is 16.5. The van der Waals surface area contributed by atoms with Gasteiger partial charge in [0, 0.05) is 25.6 Å². The molecule has 104 valence electrons. The molecule has 2 N–H and O–H groups in total. The number of morpholine rings is 1. The molecule has 1 aromatic rings. The fourth-order valence-corrected chi connectivity index (χ4v) is 2.52. The van der Waals surface area contributed by atoms with Gasteiger partial charge in [-0.1, -0.05) is 30.3 Å². The Labute approximate surface area is 114 Å². The lowest BCUT2D eigenvalue weighted by molar-refractivity contribution is -0.143. The number of hydrogen-bond donors (Lipinski definition) is 1. The second-order valence-corrected chi connectivity index (χ2v) is 5.28. The van der Waals surface area contributed by atoms with Gasteiger partial charge in [-0.05, 0) is 19.4 Å². The summed E-state index contributed by atoms with van der Waals surface area (Å²) in [6.07, 6.45) is 0.546. The number of hydrogen-bond acceptors (Lipinski definition) is 3. The van der Waals surface area contributed by atoms with Gasteiger partial charge in [0.1, 0.15) is 0 Å². The van der Waals surface area contributed by atoms with E-state index < -0.39 is 0 Å². The first-order valence-corrected chi connectivity index (χ1v) is 6.80. The van der Waals surface area contributed by atoms with Crippen molar-refractivity contribution in [2.75, 3.05) is 13.1 Å². The number of ether oxygens (including phenoxy) is 1. The number of benzene rings is 1. The highest BCUT2D eigenvalue weighted by Gasteiger charge is 2.26. The third kappa shape index (κ3) is 3.78. The van der Waals surface area contributed by atoms with Crippen LogP contribution in [0.2, 0.25) is 0 Å². The molecule has 0 unspecified atom stereocenters. The molecule has 1 aromatic carbocycles. The number of rotatable bonds is 3. The highest BCUT2D eigenvalue weighted by Crippen LogP contribution is 2.17. The van der Waals surface area contributed by atoms with Crippen molar-refractivity contribution in [1.82, 2.24) is 4.90 Å². The van der Waals surface area contributed by atoms with E-state index in [0.29, 0.717) is 19.5 Å². The molecular formula is C15H22N2O2. The van der Waals surface area contributed by atoms with E-state index in [2.05, 4.69) is 0 Å². The molecule has 1 fully saturated rings. The van der Waals surface area contributed by atoms with Crippen molar-refractivity contribution in [2.24, 2.45) is 5.73 Å². The van der Waals surface area contributed by atoms with E-state index in [-0.39, 0.29) is 24.2 Å². The molecule has 19 heavy (non-hydrogen) atoms. The Morgan fingerprint density at radius 1 is 1.32 bits per heavy atom. The van der Waals surface area contributed by atoms with Crippen molar-refractivity contribution >= 4 is 5.91 Å². The Balaban J connectivity index is 1.93. The van der Waals surface area contributed by atoms with Gasteiger partial charge in [0.25, 0.3) is 0 Å². The molecule has 0 saturated carbocycles. The van der Waals surface area contributed by atoms with Crippen molar-refractivity contribution < 1.29 is 9.53 Å². The van der Waals surface area contributed by atoms with Crippen LogP contribution >= 0.6 is 0 Å². The molecule has 4 nitrogen and oxygen atoms in total. The molecule has 1 amide bonds. The zero-order valence-corrected chi connectivity index (χ0v) is 11.6. The molecule has 0 spiro atoms. The normalized spacial score (nSPS) is 25.1. The molecule has 0 radical (unpaired) electrons. The molecule has 4 heteroatoms. The van der Waals surface area contributed by atoms with E-state index in [0.717, 1.165) is 5.56 Å². The van der Waals surface area contributed by atoms with E-state index in [1.54, 1.807) is 0 Å².